The zero-order valence-electron chi connectivity index (χ0n) is 21.9. The summed E-state index contributed by atoms with van der Waals surface area (Å²) >= 11 is 0. The first-order valence-electron chi connectivity index (χ1n) is 12.9. The molecule has 1 amide bonds. The van der Waals surface area contributed by atoms with Gasteiger partial charge in [-0.05, 0) is 59.9 Å². The third-order valence-corrected chi connectivity index (χ3v) is 6.55. The zero-order chi connectivity index (χ0) is 28.6. The zero-order valence-corrected chi connectivity index (χ0v) is 21.9. The molecular formula is C31H30F3N3O3. The molecule has 6 nitrogen and oxygen atoms in total. The van der Waals surface area contributed by atoms with Crippen LogP contribution in [-0.2, 0) is 19.4 Å². The number of nitrogens with one attached hydrogen (secondary N) is 3. The van der Waals surface area contributed by atoms with Gasteiger partial charge >= 0.3 is 0 Å². The molecule has 0 fully saturated rings. The van der Waals surface area contributed by atoms with Gasteiger partial charge in [-0.2, -0.15) is 0 Å². The maximum Gasteiger partial charge on any atom is 0.268 e. The summed E-state index contributed by atoms with van der Waals surface area (Å²) in [6, 6.07) is 16.9. The van der Waals surface area contributed by atoms with Crippen LogP contribution in [-0.4, -0.2) is 40.5 Å². The summed E-state index contributed by atoms with van der Waals surface area (Å²) in [6.07, 6.45) is 1.000. The van der Waals surface area contributed by atoms with Gasteiger partial charge in [-0.1, -0.05) is 43.3 Å². The number of carbonyl (C=O) groups excluding carboxylic acids is 2. The molecule has 208 valence electrons. The summed E-state index contributed by atoms with van der Waals surface area (Å²) < 4.78 is 41.7. The van der Waals surface area contributed by atoms with Crippen LogP contribution in [0.5, 0.6) is 0 Å². The van der Waals surface area contributed by atoms with Crippen molar-refractivity contribution in [2.75, 3.05) is 6.54 Å². The Labute approximate surface area is 230 Å². The maximum atomic E-state index is 14.1. The van der Waals surface area contributed by atoms with Gasteiger partial charge < -0.3 is 20.7 Å². The van der Waals surface area contributed by atoms with Crippen LogP contribution >= 0.6 is 0 Å². The number of ketones is 1. The molecule has 40 heavy (non-hydrogen) atoms. The molecule has 0 saturated heterocycles. The van der Waals surface area contributed by atoms with E-state index in [1.165, 1.54) is 42.1 Å². The molecule has 3 aromatic carbocycles. The van der Waals surface area contributed by atoms with Crippen LogP contribution in [0, 0.1) is 17.5 Å². The number of aliphatic hydroxyl groups is 1. The number of hydrogen-bond donors (Lipinski definition) is 4. The Morgan fingerprint density at radius 2 is 1.62 bits per heavy atom. The molecule has 1 aromatic heterocycles. The number of aromatic nitrogens is 1. The number of H-pyrrole nitrogens is 1. The first kappa shape index (κ1) is 28.8. The second kappa shape index (κ2) is 13.2. The number of aryl methyl sites for hydroxylation is 1. The van der Waals surface area contributed by atoms with Crippen LogP contribution in [0.1, 0.15) is 50.0 Å². The van der Waals surface area contributed by atoms with E-state index in [0.717, 1.165) is 30.2 Å². The van der Waals surface area contributed by atoms with Crippen molar-refractivity contribution in [3.63, 3.8) is 0 Å². The van der Waals surface area contributed by atoms with Crippen molar-refractivity contribution < 1.29 is 27.9 Å². The first-order chi connectivity index (χ1) is 19.2. The largest absolute Gasteiger partial charge is 0.390 e. The minimum atomic E-state index is -1.13. The van der Waals surface area contributed by atoms with Crippen molar-refractivity contribution in [3.8, 4) is 0 Å². The molecule has 0 radical (unpaired) electrons. The highest BCUT2D eigenvalue weighted by Gasteiger charge is 2.24. The molecular weight excluding hydrogens is 519 g/mol. The summed E-state index contributed by atoms with van der Waals surface area (Å²) in [5.41, 5.74) is 2.40. The van der Waals surface area contributed by atoms with Crippen LogP contribution in [0.4, 0.5) is 13.2 Å². The molecule has 0 aliphatic carbocycles. The predicted molar refractivity (Wildman–Crippen MR) is 145 cm³/mol. The van der Waals surface area contributed by atoms with Crippen LogP contribution < -0.4 is 10.6 Å². The fraction of sp³-hybridized carbons (Fsp3) is 0.226. The van der Waals surface area contributed by atoms with E-state index >= 15 is 0 Å². The Kier molecular flexibility index (Phi) is 9.52. The number of aliphatic hydroxyl groups excluding tert-OH is 1. The molecule has 0 aliphatic heterocycles. The number of carbonyl (C=O) groups is 2. The molecule has 2 atom stereocenters. The van der Waals surface area contributed by atoms with Gasteiger partial charge in [-0.25, -0.2) is 13.2 Å². The van der Waals surface area contributed by atoms with Crippen LogP contribution in [0.15, 0.2) is 79.0 Å². The smallest absolute Gasteiger partial charge is 0.268 e. The maximum absolute atomic E-state index is 14.1. The van der Waals surface area contributed by atoms with Gasteiger partial charge in [0, 0.05) is 30.9 Å². The summed E-state index contributed by atoms with van der Waals surface area (Å²) in [5.74, 6) is -3.48. The van der Waals surface area contributed by atoms with E-state index in [4.69, 9.17) is 0 Å². The molecule has 4 aromatic rings. The van der Waals surface area contributed by atoms with Gasteiger partial charge in [0.25, 0.3) is 5.91 Å². The van der Waals surface area contributed by atoms with Crippen LogP contribution in [0.2, 0.25) is 0 Å². The van der Waals surface area contributed by atoms with E-state index in [-0.39, 0.29) is 35.3 Å². The molecule has 9 heteroatoms. The number of benzene rings is 3. The fourth-order valence-corrected chi connectivity index (χ4v) is 4.44. The van der Waals surface area contributed by atoms with Crippen molar-refractivity contribution in [1.29, 1.82) is 0 Å². The summed E-state index contributed by atoms with van der Waals surface area (Å²) in [6.45, 7) is 2.61. The Balaban J connectivity index is 1.47. The molecule has 0 spiro atoms. The number of hydrogen-bond acceptors (Lipinski definition) is 4. The highest BCUT2D eigenvalue weighted by molar-refractivity contribution is 6.10. The van der Waals surface area contributed by atoms with Crippen molar-refractivity contribution in [3.05, 3.63) is 130 Å². The standard InChI is InChI=1S/C31H30F3N3O3/c1-2-19-6-5-7-20(10-19)16-35-18-29(38)27(13-21-11-23(32)15-24(33)12-21)37-31(40)28-14-22(17-36-28)30(39)25-8-3-4-9-26(25)34/h3-12,14-15,17,27,29,35-36,38H,2,13,16,18H2,1H3,(H,37,40)/t27-,29+/m0/s1. The van der Waals surface area contributed by atoms with Gasteiger partial charge in [0.05, 0.1) is 17.7 Å². The third kappa shape index (κ3) is 7.46. The third-order valence-electron chi connectivity index (χ3n) is 6.55. The Morgan fingerprint density at radius 1 is 0.900 bits per heavy atom. The summed E-state index contributed by atoms with van der Waals surface area (Å²) in [5, 5.41) is 16.8. The van der Waals surface area contributed by atoms with Crippen LogP contribution in [0.3, 0.4) is 0 Å². The van der Waals surface area contributed by atoms with Gasteiger partial charge in [0.1, 0.15) is 23.1 Å². The van der Waals surface area contributed by atoms with E-state index in [1.807, 2.05) is 18.2 Å². The lowest BCUT2D eigenvalue weighted by Gasteiger charge is -2.25. The molecule has 0 saturated carbocycles. The van der Waals surface area contributed by atoms with Crippen molar-refractivity contribution in [2.45, 2.75) is 38.5 Å². The monoisotopic (exact) mass is 549 g/mol. The van der Waals surface area contributed by atoms with Crippen molar-refractivity contribution in [1.82, 2.24) is 15.6 Å². The van der Waals surface area contributed by atoms with Gasteiger partial charge in [0.15, 0.2) is 5.78 Å². The molecule has 4 rings (SSSR count). The van der Waals surface area contributed by atoms with E-state index < -0.39 is 41.3 Å². The fourth-order valence-electron chi connectivity index (χ4n) is 4.44. The highest BCUT2D eigenvalue weighted by Crippen LogP contribution is 2.16. The Morgan fingerprint density at radius 3 is 2.35 bits per heavy atom. The van der Waals surface area contributed by atoms with Gasteiger partial charge in [0.2, 0.25) is 0 Å². The van der Waals surface area contributed by atoms with E-state index in [0.29, 0.717) is 6.54 Å². The lowest BCUT2D eigenvalue weighted by Crippen LogP contribution is -2.48. The van der Waals surface area contributed by atoms with Crippen LogP contribution in [0.25, 0.3) is 0 Å². The SMILES string of the molecule is CCc1cccc(CNC[C@@H](O)[C@H](Cc2cc(F)cc(F)c2)NC(=O)c2cc(C(=O)c3ccccc3F)c[nH]2)c1. The summed E-state index contributed by atoms with van der Waals surface area (Å²) in [7, 11) is 0. The van der Waals surface area contributed by atoms with Gasteiger partial charge in [-0.15, -0.1) is 0 Å². The number of halogens is 3. The number of amides is 1. The van der Waals surface area contributed by atoms with Gasteiger partial charge in [-0.3, -0.25) is 9.59 Å². The van der Waals surface area contributed by atoms with E-state index in [1.54, 1.807) is 0 Å². The predicted octanol–water partition coefficient (Wildman–Crippen LogP) is 4.72. The normalized spacial score (nSPS) is 12.6. The Bertz CT molecular complexity index is 1470. The molecule has 0 aliphatic rings. The average Bonchev–Trinajstić information content (AvgIpc) is 3.43. The molecule has 0 bridgehead atoms. The highest BCUT2D eigenvalue weighted by atomic mass is 19.1. The molecule has 1 heterocycles. The lowest BCUT2D eigenvalue weighted by atomic mass is 10.00. The number of aromatic amines is 1. The van der Waals surface area contributed by atoms with Crippen molar-refractivity contribution in [2.24, 2.45) is 0 Å². The second-order valence-electron chi connectivity index (χ2n) is 9.54. The average molecular weight is 550 g/mol. The molecule has 0 unspecified atom stereocenters. The first-order valence-corrected chi connectivity index (χ1v) is 12.9. The van der Waals surface area contributed by atoms with E-state index in [9.17, 15) is 27.9 Å². The minimum absolute atomic E-state index is 0.00616. The summed E-state index contributed by atoms with van der Waals surface area (Å²) in [4.78, 5) is 28.5. The topological polar surface area (TPSA) is 94.2 Å². The Hall–Kier alpha value is -4.21. The second-order valence-corrected chi connectivity index (χ2v) is 9.54. The quantitative estimate of drug-likeness (QED) is 0.193. The lowest BCUT2D eigenvalue weighted by molar-refractivity contribution is 0.0826. The molecule has 4 N–H and O–H groups in total. The number of rotatable bonds is 12. The minimum Gasteiger partial charge on any atom is -0.390 e. The van der Waals surface area contributed by atoms with Crippen molar-refractivity contribution >= 4 is 11.7 Å². The van der Waals surface area contributed by atoms with E-state index in [2.05, 4.69) is 28.6 Å².